The Labute approximate surface area is 123 Å². The van der Waals surface area contributed by atoms with Gasteiger partial charge in [0, 0.05) is 11.3 Å². The van der Waals surface area contributed by atoms with Crippen LogP contribution in [0, 0.1) is 6.92 Å². The van der Waals surface area contributed by atoms with Crippen LogP contribution >= 0.6 is 11.3 Å². The summed E-state index contributed by atoms with van der Waals surface area (Å²) in [5, 5.41) is 3.13. The monoisotopic (exact) mass is 294 g/mol. The maximum atomic E-state index is 12.0. The van der Waals surface area contributed by atoms with E-state index in [1.54, 1.807) is 11.3 Å². The zero-order valence-corrected chi connectivity index (χ0v) is 12.8. The van der Waals surface area contributed by atoms with Crippen molar-refractivity contribution in [2.75, 3.05) is 6.61 Å². The first-order valence-electron chi connectivity index (χ1n) is 7.49. The molecule has 4 nitrogen and oxygen atoms in total. The summed E-state index contributed by atoms with van der Waals surface area (Å²) >= 11 is 1.63. The molecule has 1 aromatic rings. The molecule has 1 aliphatic heterocycles. The Morgan fingerprint density at radius 2 is 2.35 bits per heavy atom. The molecule has 1 spiro atoms. The molecule has 2 fully saturated rings. The van der Waals surface area contributed by atoms with Crippen molar-refractivity contribution in [1.29, 1.82) is 0 Å². The molecule has 2 aliphatic rings. The van der Waals surface area contributed by atoms with Gasteiger partial charge in [-0.25, -0.2) is 4.98 Å². The molecule has 5 heteroatoms. The van der Waals surface area contributed by atoms with Crippen LogP contribution in [0.25, 0.3) is 0 Å². The Hall–Kier alpha value is -0.940. The molecule has 1 aliphatic carbocycles. The minimum absolute atomic E-state index is 0.0895. The SMILES string of the molecule is Cc1ncsc1CCC(=O)NC1COC2(CCCC2)C1. The topological polar surface area (TPSA) is 51.2 Å². The van der Waals surface area contributed by atoms with Crippen LogP contribution in [-0.2, 0) is 16.0 Å². The molecule has 0 aromatic carbocycles. The van der Waals surface area contributed by atoms with Crippen molar-refractivity contribution in [3.8, 4) is 0 Å². The number of nitrogens with one attached hydrogen (secondary N) is 1. The summed E-state index contributed by atoms with van der Waals surface area (Å²) in [5.41, 5.74) is 2.99. The first-order chi connectivity index (χ1) is 9.67. The Morgan fingerprint density at radius 1 is 1.55 bits per heavy atom. The Morgan fingerprint density at radius 3 is 3.05 bits per heavy atom. The first-order valence-corrected chi connectivity index (χ1v) is 8.37. The van der Waals surface area contributed by atoms with Crippen molar-refractivity contribution in [3.63, 3.8) is 0 Å². The Bertz CT molecular complexity index is 480. The number of carbonyl (C=O) groups excluding carboxylic acids is 1. The fraction of sp³-hybridized carbons (Fsp3) is 0.733. The van der Waals surface area contributed by atoms with E-state index in [-0.39, 0.29) is 17.6 Å². The van der Waals surface area contributed by atoms with Crippen molar-refractivity contribution in [2.24, 2.45) is 0 Å². The number of ether oxygens (including phenoxy) is 1. The molecule has 1 saturated heterocycles. The summed E-state index contributed by atoms with van der Waals surface area (Å²) in [6, 6.07) is 0.211. The highest BCUT2D eigenvalue weighted by Crippen LogP contribution is 2.40. The van der Waals surface area contributed by atoms with Gasteiger partial charge >= 0.3 is 0 Å². The number of carbonyl (C=O) groups is 1. The molecule has 20 heavy (non-hydrogen) atoms. The summed E-state index contributed by atoms with van der Waals surface area (Å²) < 4.78 is 5.96. The number of aromatic nitrogens is 1. The summed E-state index contributed by atoms with van der Waals surface area (Å²) in [6.07, 6.45) is 7.21. The van der Waals surface area contributed by atoms with E-state index in [0.29, 0.717) is 13.0 Å². The highest BCUT2D eigenvalue weighted by molar-refractivity contribution is 7.09. The third-order valence-corrected chi connectivity index (χ3v) is 5.51. The van der Waals surface area contributed by atoms with Crippen molar-refractivity contribution < 1.29 is 9.53 Å². The molecule has 110 valence electrons. The predicted octanol–water partition coefficient (Wildman–Crippen LogP) is 2.60. The highest BCUT2D eigenvalue weighted by atomic mass is 32.1. The first kappa shape index (κ1) is 14.0. The normalized spacial score (nSPS) is 24.4. The van der Waals surface area contributed by atoms with Gasteiger partial charge in [0.15, 0.2) is 0 Å². The van der Waals surface area contributed by atoms with Crippen LogP contribution in [0.15, 0.2) is 5.51 Å². The van der Waals surface area contributed by atoms with Gasteiger partial charge in [-0.15, -0.1) is 11.3 Å². The van der Waals surface area contributed by atoms with Gasteiger partial charge in [-0.3, -0.25) is 4.79 Å². The van der Waals surface area contributed by atoms with E-state index in [4.69, 9.17) is 4.74 Å². The molecule has 1 amide bonds. The molecule has 3 rings (SSSR count). The van der Waals surface area contributed by atoms with E-state index in [1.807, 2.05) is 12.4 Å². The van der Waals surface area contributed by atoms with Crippen molar-refractivity contribution in [2.45, 2.75) is 63.5 Å². The average Bonchev–Trinajstić information content (AvgIpc) is 3.12. The van der Waals surface area contributed by atoms with E-state index >= 15 is 0 Å². The van der Waals surface area contributed by atoms with E-state index in [9.17, 15) is 4.79 Å². The zero-order valence-electron chi connectivity index (χ0n) is 12.0. The van der Waals surface area contributed by atoms with Gasteiger partial charge in [0.2, 0.25) is 5.91 Å². The lowest BCUT2D eigenvalue weighted by molar-refractivity contribution is -0.121. The molecule has 0 radical (unpaired) electrons. The van der Waals surface area contributed by atoms with Gasteiger partial charge in [-0.1, -0.05) is 12.8 Å². The molecule has 0 bridgehead atoms. The van der Waals surface area contributed by atoms with Crippen LogP contribution in [0.2, 0.25) is 0 Å². The molecule has 1 unspecified atom stereocenters. The Kier molecular flexibility index (Phi) is 4.08. The number of rotatable bonds is 4. The minimum atomic E-state index is 0.0895. The lowest BCUT2D eigenvalue weighted by Crippen LogP contribution is -2.36. The lowest BCUT2D eigenvalue weighted by Gasteiger charge is -2.21. The average molecular weight is 294 g/mol. The minimum Gasteiger partial charge on any atom is -0.373 e. The fourth-order valence-corrected chi connectivity index (χ4v) is 4.18. The number of nitrogens with zero attached hydrogens (tertiary/aromatic N) is 1. The number of amides is 1. The van der Waals surface area contributed by atoms with E-state index < -0.39 is 0 Å². The third kappa shape index (κ3) is 3.04. The standard InChI is InChI=1S/C15H22N2O2S/c1-11-13(20-10-16-11)4-5-14(18)17-12-8-15(19-9-12)6-2-3-7-15/h10,12H,2-9H2,1H3,(H,17,18). The van der Waals surface area contributed by atoms with Crippen LogP contribution in [0.4, 0.5) is 0 Å². The maximum absolute atomic E-state index is 12.0. The van der Waals surface area contributed by atoms with E-state index in [1.165, 1.54) is 30.6 Å². The summed E-state index contributed by atoms with van der Waals surface area (Å²) in [5.74, 6) is 0.140. The summed E-state index contributed by atoms with van der Waals surface area (Å²) in [6.45, 7) is 2.68. The van der Waals surface area contributed by atoms with Gasteiger partial charge < -0.3 is 10.1 Å². The van der Waals surface area contributed by atoms with Crippen molar-refractivity contribution >= 4 is 17.2 Å². The van der Waals surface area contributed by atoms with Gasteiger partial charge in [0.1, 0.15) is 0 Å². The highest BCUT2D eigenvalue weighted by Gasteiger charge is 2.42. The smallest absolute Gasteiger partial charge is 0.220 e. The van der Waals surface area contributed by atoms with Gasteiger partial charge in [0.25, 0.3) is 0 Å². The second-order valence-corrected chi connectivity index (χ2v) is 6.97. The number of aryl methyl sites for hydroxylation is 2. The van der Waals surface area contributed by atoms with Gasteiger partial charge in [-0.05, 0) is 32.6 Å². The quantitative estimate of drug-likeness (QED) is 0.928. The molecule has 1 atom stereocenters. The molecule has 2 heterocycles. The Balaban J connectivity index is 1.44. The van der Waals surface area contributed by atoms with Crippen LogP contribution in [0.3, 0.4) is 0 Å². The van der Waals surface area contributed by atoms with Crippen molar-refractivity contribution in [3.05, 3.63) is 16.1 Å². The summed E-state index contributed by atoms with van der Waals surface area (Å²) in [4.78, 5) is 17.5. The molecular formula is C15H22N2O2S. The fourth-order valence-electron chi connectivity index (χ4n) is 3.40. The van der Waals surface area contributed by atoms with Crippen molar-refractivity contribution in [1.82, 2.24) is 10.3 Å². The van der Waals surface area contributed by atoms with Crippen LogP contribution < -0.4 is 5.32 Å². The van der Waals surface area contributed by atoms with E-state index in [0.717, 1.165) is 18.5 Å². The second kappa shape index (κ2) is 5.82. The second-order valence-electron chi connectivity index (χ2n) is 6.03. The van der Waals surface area contributed by atoms with Gasteiger partial charge in [0.05, 0.1) is 29.5 Å². The van der Waals surface area contributed by atoms with Crippen LogP contribution in [0.5, 0.6) is 0 Å². The van der Waals surface area contributed by atoms with Gasteiger partial charge in [-0.2, -0.15) is 0 Å². The molecule has 1 N–H and O–H groups in total. The number of hydrogen-bond donors (Lipinski definition) is 1. The molecule has 1 saturated carbocycles. The lowest BCUT2D eigenvalue weighted by atomic mass is 9.96. The third-order valence-electron chi connectivity index (χ3n) is 4.51. The molecular weight excluding hydrogens is 272 g/mol. The number of thiazole rings is 1. The summed E-state index contributed by atoms with van der Waals surface area (Å²) in [7, 11) is 0. The predicted molar refractivity (Wildman–Crippen MR) is 78.9 cm³/mol. The van der Waals surface area contributed by atoms with Crippen LogP contribution in [-0.4, -0.2) is 29.1 Å². The number of hydrogen-bond acceptors (Lipinski definition) is 4. The largest absolute Gasteiger partial charge is 0.373 e. The maximum Gasteiger partial charge on any atom is 0.220 e. The zero-order chi connectivity index (χ0) is 14.0. The molecule has 1 aromatic heterocycles. The van der Waals surface area contributed by atoms with Crippen LogP contribution in [0.1, 0.15) is 49.1 Å². The van der Waals surface area contributed by atoms with E-state index in [2.05, 4.69) is 10.3 Å².